The Morgan fingerprint density at radius 1 is 0.833 bits per heavy atom. The maximum absolute atomic E-state index is 14.3. The lowest BCUT2D eigenvalue weighted by Crippen LogP contribution is -2.38. The summed E-state index contributed by atoms with van der Waals surface area (Å²) in [5.74, 6) is 0.0997. The molecule has 2 aliphatic heterocycles. The third kappa shape index (κ3) is 5.03. The van der Waals surface area contributed by atoms with Gasteiger partial charge in [-0.15, -0.1) is 0 Å². The highest BCUT2D eigenvalue weighted by Crippen LogP contribution is 2.49. The number of rotatable bonds is 4. The minimum atomic E-state index is -0.756. The second-order valence-corrected chi connectivity index (χ2v) is 11.6. The Labute approximate surface area is 246 Å². The molecule has 5 heteroatoms. The molecule has 5 nitrogen and oxygen atoms in total. The van der Waals surface area contributed by atoms with E-state index in [1.165, 1.54) is 0 Å². The summed E-state index contributed by atoms with van der Waals surface area (Å²) in [5, 5.41) is 0. The first-order valence-electron chi connectivity index (χ1n) is 14.2. The van der Waals surface area contributed by atoms with Crippen LogP contribution in [0, 0.1) is 5.92 Å². The van der Waals surface area contributed by atoms with E-state index in [-0.39, 0.29) is 12.0 Å². The van der Waals surface area contributed by atoms with Gasteiger partial charge in [-0.3, -0.25) is 4.79 Å². The third-order valence-electron chi connectivity index (χ3n) is 7.57. The Hall–Kier alpha value is -4.90. The number of anilines is 1. The van der Waals surface area contributed by atoms with E-state index in [9.17, 15) is 9.59 Å². The Balaban J connectivity index is 1.53. The zero-order valence-corrected chi connectivity index (χ0v) is 24.2. The molecule has 0 unspecified atom stereocenters. The van der Waals surface area contributed by atoms with Crippen molar-refractivity contribution in [2.24, 2.45) is 5.92 Å². The molecule has 0 fully saturated rings. The highest BCUT2D eigenvalue weighted by Gasteiger charge is 2.43. The van der Waals surface area contributed by atoms with Crippen LogP contribution in [0.2, 0.25) is 0 Å². The lowest BCUT2D eigenvalue weighted by Gasteiger charge is -2.33. The smallest absolute Gasteiger partial charge is 0.422 e. The molecule has 210 valence electrons. The average molecular weight is 556 g/mol. The highest BCUT2D eigenvalue weighted by molar-refractivity contribution is 6.43. The van der Waals surface area contributed by atoms with Gasteiger partial charge in [0.2, 0.25) is 0 Å². The standard InChI is InChI=1S/C37H33NO4/c1-24(34-28-20-12-11-19-27(28)23-31(41-34)25-15-7-5-8-16-25)32(26-17-9-6-10-18-26)33-29-21-13-14-22-30(29)38(35(33)39)36(40)42-37(2,3)4/h5-24,34H,1-4H3/b33-32+/t24-,34-/m1/s1. The summed E-state index contributed by atoms with van der Waals surface area (Å²) in [6.07, 6.45) is 0.993. The third-order valence-corrected chi connectivity index (χ3v) is 7.57. The van der Waals surface area contributed by atoms with Crippen LogP contribution in [-0.2, 0) is 14.3 Å². The molecule has 0 radical (unpaired) electrons. The predicted octanol–water partition coefficient (Wildman–Crippen LogP) is 8.78. The SMILES string of the molecule is C[C@H](/C(=C1\C(=O)N(C(=O)OC(C)(C)C)c2ccccc21)c1ccccc1)[C@H]1OC(c2ccccc2)=Cc2ccccc21. The minimum Gasteiger partial charge on any atom is -0.484 e. The van der Waals surface area contributed by atoms with Crippen molar-refractivity contribution >= 4 is 40.7 Å². The molecule has 0 saturated carbocycles. The van der Waals surface area contributed by atoms with Crippen LogP contribution in [0.25, 0.3) is 23.0 Å². The van der Waals surface area contributed by atoms with Gasteiger partial charge in [0, 0.05) is 22.6 Å². The fourth-order valence-corrected chi connectivity index (χ4v) is 5.77. The van der Waals surface area contributed by atoms with Crippen LogP contribution >= 0.6 is 0 Å². The molecule has 4 aromatic rings. The summed E-state index contributed by atoms with van der Waals surface area (Å²) >= 11 is 0. The number of nitrogens with zero attached hydrogens (tertiary/aromatic N) is 1. The molecule has 0 saturated heterocycles. The lowest BCUT2D eigenvalue weighted by molar-refractivity contribution is -0.112. The molecule has 0 aliphatic carbocycles. The van der Waals surface area contributed by atoms with Gasteiger partial charge in [-0.2, -0.15) is 0 Å². The number of imide groups is 1. The van der Waals surface area contributed by atoms with E-state index in [2.05, 4.69) is 25.1 Å². The molecule has 6 rings (SSSR count). The second kappa shape index (κ2) is 10.8. The molecule has 0 spiro atoms. The van der Waals surface area contributed by atoms with Gasteiger partial charge in [0.25, 0.3) is 5.91 Å². The quantitative estimate of drug-likeness (QED) is 0.236. The van der Waals surface area contributed by atoms with Crippen LogP contribution in [0.3, 0.4) is 0 Å². The van der Waals surface area contributed by atoms with Crippen molar-refractivity contribution in [3.8, 4) is 0 Å². The highest BCUT2D eigenvalue weighted by atomic mass is 16.6. The van der Waals surface area contributed by atoms with Crippen molar-refractivity contribution in [1.29, 1.82) is 0 Å². The van der Waals surface area contributed by atoms with E-state index in [1.54, 1.807) is 26.8 Å². The number of benzene rings is 4. The molecule has 2 aliphatic rings. The van der Waals surface area contributed by atoms with Crippen LogP contribution in [0.5, 0.6) is 0 Å². The minimum absolute atomic E-state index is 0.272. The van der Waals surface area contributed by atoms with Crippen molar-refractivity contribution in [3.05, 3.63) is 137 Å². The van der Waals surface area contributed by atoms with Crippen molar-refractivity contribution in [2.45, 2.75) is 39.4 Å². The van der Waals surface area contributed by atoms with E-state index in [4.69, 9.17) is 9.47 Å². The monoisotopic (exact) mass is 555 g/mol. The molecule has 2 atom stereocenters. The van der Waals surface area contributed by atoms with Gasteiger partial charge >= 0.3 is 6.09 Å². The maximum atomic E-state index is 14.3. The first-order chi connectivity index (χ1) is 20.2. The van der Waals surface area contributed by atoms with E-state index < -0.39 is 17.6 Å². The average Bonchev–Trinajstić information content (AvgIpc) is 3.28. The fourth-order valence-electron chi connectivity index (χ4n) is 5.77. The maximum Gasteiger partial charge on any atom is 0.422 e. The van der Waals surface area contributed by atoms with Crippen molar-refractivity contribution in [3.63, 3.8) is 0 Å². The van der Waals surface area contributed by atoms with Gasteiger partial charge in [0.05, 0.1) is 11.3 Å². The molecule has 42 heavy (non-hydrogen) atoms. The number of carbonyl (C=O) groups excluding carboxylic acids is 2. The van der Waals surface area contributed by atoms with E-state index in [0.717, 1.165) is 38.5 Å². The molecular weight excluding hydrogens is 522 g/mol. The lowest BCUT2D eigenvalue weighted by atomic mass is 9.80. The number of carbonyl (C=O) groups is 2. The molecule has 2 amide bonds. The van der Waals surface area contributed by atoms with Crippen LogP contribution < -0.4 is 4.90 Å². The number of ether oxygens (including phenoxy) is 2. The van der Waals surface area contributed by atoms with E-state index in [1.807, 2.05) is 91.0 Å². The van der Waals surface area contributed by atoms with Crippen molar-refractivity contribution < 1.29 is 19.1 Å². The fraction of sp³-hybridized carbons (Fsp3) is 0.189. The van der Waals surface area contributed by atoms with E-state index in [0.29, 0.717) is 16.8 Å². The number of amides is 2. The molecule has 2 heterocycles. The summed E-state index contributed by atoms with van der Waals surface area (Å²) in [6.45, 7) is 7.47. The summed E-state index contributed by atoms with van der Waals surface area (Å²) in [4.78, 5) is 28.9. The van der Waals surface area contributed by atoms with Gasteiger partial charge in [-0.05, 0) is 49.6 Å². The summed E-state index contributed by atoms with van der Waals surface area (Å²) in [6, 6.07) is 35.6. The Bertz CT molecular complexity index is 1710. The van der Waals surface area contributed by atoms with E-state index >= 15 is 0 Å². The van der Waals surface area contributed by atoms with Gasteiger partial charge in [-0.25, -0.2) is 9.69 Å². The topological polar surface area (TPSA) is 55.8 Å². The largest absolute Gasteiger partial charge is 0.484 e. The normalized spacial score (nSPS) is 17.9. The number of para-hydroxylation sites is 1. The molecule has 4 aromatic carbocycles. The van der Waals surface area contributed by atoms with Crippen LogP contribution in [0.15, 0.2) is 109 Å². The second-order valence-electron chi connectivity index (χ2n) is 11.6. The number of hydrogen-bond acceptors (Lipinski definition) is 4. The first-order valence-corrected chi connectivity index (χ1v) is 14.2. The predicted molar refractivity (Wildman–Crippen MR) is 167 cm³/mol. The van der Waals surface area contributed by atoms with Crippen LogP contribution in [0.1, 0.15) is 61.6 Å². The van der Waals surface area contributed by atoms with Gasteiger partial charge in [-0.1, -0.05) is 110 Å². The molecule has 0 aromatic heterocycles. The van der Waals surface area contributed by atoms with Gasteiger partial charge < -0.3 is 9.47 Å². The first kappa shape index (κ1) is 27.3. The van der Waals surface area contributed by atoms with Gasteiger partial charge in [0.1, 0.15) is 17.5 Å². The van der Waals surface area contributed by atoms with Crippen molar-refractivity contribution in [2.75, 3.05) is 4.90 Å². The molecule has 0 N–H and O–H groups in total. The number of hydrogen-bond donors (Lipinski definition) is 0. The Morgan fingerprint density at radius 3 is 2.17 bits per heavy atom. The zero-order chi connectivity index (χ0) is 29.4. The molecular formula is C37H33NO4. The Morgan fingerprint density at radius 2 is 1.45 bits per heavy atom. The Kier molecular flexibility index (Phi) is 7.03. The molecule has 0 bridgehead atoms. The van der Waals surface area contributed by atoms with Crippen LogP contribution in [-0.4, -0.2) is 17.6 Å². The summed E-state index contributed by atoms with van der Waals surface area (Å²) in [5.41, 5.74) is 5.74. The number of fused-ring (bicyclic) bond motifs is 2. The summed E-state index contributed by atoms with van der Waals surface area (Å²) < 4.78 is 12.5. The summed E-state index contributed by atoms with van der Waals surface area (Å²) in [7, 11) is 0. The van der Waals surface area contributed by atoms with Crippen molar-refractivity contribution in [1.82, 2.24) is 0 Å². The zero-order valence-electron chi connectivity index (χ0n) is 24.2. The van der Waals surface area contributed by atoms with Crippen LogP contribution in [0.4, 0.5) is 10.5 Å². The van der Waals surface area contributed by atoms with Gasteiger partial charge in [0.15, 0.2) is 0 Å².